The minimum absolute atomic E-state index is 0.705. The van der Waals surface area contributed by atoms with Crippen LogP contribution in [0.25, 0.3) is 0 Å². The third-order valence-electron chi connectivity index (χ3n) is 3.24. The van der Waals surface area contributed by atoms with Crippen molar-refractivity contribution >= 4 is 15.9 Å². The topological polar surface area (TPSA) is 12.0 Å². The molecule has 1 N–H and O–H groups in total. The van der Waals surface area contributed by atoms with Crippen molar-refractivity contribution in [1.82, 2.24) is 5.32 Å². The molecule has 1 atom stereocenters. The van der Waals surface area contributed by atoms with Crippen LogP contribution in [0.3, 0.4) is 0 Å². The summed E-state index contributed by atoms with van der Waals surface area (Å²) in [4.78, 5) is 0. The third-order valence-corrected chi connectivity index (χ3v) is 3.76. The summed E-state index contributed by atoms with van der Waals surface area (Å²) in [6.45, 7) is 2.28. The number of benzene rings is 1. The van der Waals surface area contributed by atoms with Crippen LogP contribution in [0.15, 0.2) is 28.7 Å². The van der Waals surface area contributed by atoms with E-state index in [0.717, 1.165) is 6.04 Å². The van der Waals surface area contributed by atoms with Gasteiger partial charge >= 0.3 is 0 Å². The smallest absolute Gasteiger partial charge is 0.0175 e. The Hall–Kier alpha value is -0.340. The van der Waals surface area contributed by atoms with Crippen molar-refractivity contribution < 1.29 is 0 Å². The van der Waals surface area contributed by atoms with Gasteiger partial charge in [-0.2, -0.15) is 0 Å². The van der Waals surface area contributed by atoms with Crippen molar-refractivity contribution in [3.8, 4) is 0 Å². The van der Waals surface area contributed by atoms with Crippen LogP contribution < -0.4 is 5.32 Å². The Labute approximate surface area is 107 Å². The largest absolute Gasteiger partial charge is 0.311 e. The second-order valence-electron chi connectivity index (χ2n) is 4.71. The third kappa shape index (κ3) is 3.91. The van der Waals surface area contributed by atoms with Gasteiger partial charge in [-0.05, 0) is 49.8 Å². The summed E-state index contributed by atoms with van der Waals surface area (Å²) in [5, 5.41) is 3.71. The number of aryl methyl sites for hydroxylation is 1. The van der Waals surface area contributed by atoms with Crippen molar-refractivity contribution in [1.29, 1.82) is 0 Å². The van der Waals surface area contributed by atoms with Crippen LogP contribution in [0.1, 0.15) is 38.2 Å². The number of hydrogen-bond acceptors (Lipinski definition) is 1. The van der Waals surface area contributed by atoms with E-state index >= 15 is 0 Å². The second-order valence-corrected chi connectivity index (χ2v) is 5.63. The van der Waals surface area contributed by atoms with Gasteiger partial charge in [0, 0.05) is 16.6 Å². The molecule has 1 saturated carbocycles. The normalized spacial score (nSPS) is 17.4. The molecule has 0 spiro atoms. The van der Waals surface area contributed by atoms with E-state index in [9.17, 15) is 0 Å². The highest BCUT2D eigenvalue weighted by atomic mass is 79.9. The fourth-order valence-electron chi connectivity index (χ4n) is 1.98. The second kappa shape index (κ2) is 5.83. The average molecular weight is 282 g/mol. The van der Waals surface area contributed by atoms with Crippen molar-refractivity contribution in [2.24, 2.45) is 0 Å². The molecule has 1 aliphatic carbocycles. The molecule has 1 fully saturated rings. The van der Waals surface area contributed by atoms with E-state index in [2.05, 4.69) is 52.4 Å². The van der Waals surface area contributed by atoms with E-state index in [-0.39, 0.29) is 0 Å². The molecule has 0 amide bonds. The van der Waals surface area contributed by atoms with Gasteiger partial charge in [-0.1, -0.05) is 35.0 Å². The van der Waals surface area contributed by atoms with E-state index in [4.69, 9.17) is 0 Å². The van der Waals surface area contributed by atoms with Gasteiger partial charge in [0.15, 0.2) is 0 Å². The van der Waals surface area contributed by atoms with Crippen LogP contribution in [0.4, 0.5) is 0 Å². The van der Waals surface area contributed by atoms with Gasteiger partial charge < -0.3 is 5.32 Å². The maximum absolute atomic E-state index is 3.71. The van der Waals surface area contributed by atoms with E-state index in [1.165, 1.54) is 42.1 Å². The molecule has 1 unspecified atom stereocenters. The number of nitrogens with one attached hydrogen (secondary N) is 1. The Morgan fingerprint density at radius 1 is 1.31 bits per heavy atom. The molecule has 88 valence electrons. The average Bonchev–Trinajstić information content (AvgIpc) is 3.10. The molecule has 16 heavy (non-hydrogen) atoms. The lowest BCUT2D eigenvalue weighted by Crippen LogP contribution is -2.30. The molecular weight excluding hydrogens is 262 g/mol. The number of halogens is 1. The van der Waals surface area contributed by atoms with Gasteiger partial charge in [-0.25, -0.2) is 0 Å². The SMILES string of the molecule is CCC(CCc1ccc(Br)cc1)NC1CC1. The zero-order valence-electron chi connectivity index (χ0n) is 9.88. The van der Waals surface area contributed by atoms with E-state index in [0.29, 0.717) is 6.04 Å². The number of rotatable bonds is 6. The van der Waals surface area contributed by atoms with Gasteiger partial charge in [0.1, 0.15) is 0 Å². The first-order valence-corrected chi connectivity index (χ1v) is 7.07. The Morgan fingerprint density at radius 3 is 2.56 bits per heavy atom. The summed E-state index contributed by atoms with van der Waals surface area (Å²) < 4.78 is 1.17. The summed E-state index contributed by atoms with van der Waals surface area (Å²) in [5.41, 5.74) is 1.44. The summed E-state index contributed by atoms with van der Waals surface area (Å²) in [7, 11) is 0. The predicted octanol–water partition coefficient (Wildman–Crippen LogP) is 3.91. The van der Waals surface area contributed by atoms with Gasteiger partial charge in [0.05, 0.1) is 0 Å². The minimum Gasteiger partial charge on any atom is -0.311 e. The molecule has 0 heterocycles. The fraction of sp³-hybridized carbons (Fsp3) is 0.571. The molecule has 1 aliphatic rings. The van der Waals surface area contributed by atoms with Crippen LogP contribution >= 0.6 is 15.9 Å². The van der Waals surface area contributed by atoms with E-state index < -0.39 is 0 Å². The zero-order chi connectivity index (χ0) is 11.4. The highest BCUT2D eigenvalue weighted by molar-refractivity contribution is 9.10. The molecule has 1 aromatic carbocycles. The van der Waals surface area contributed by atoms with Crippen molar-refractivity contribution in [3.05, 3.63) is 34.3 Å². The molecule has 2 heteroatoms. The van der Waals surface area contributed by atoms with Gasteiger partial charge in [0.2, 0.25) is 0 Å². The first-order chi connectivity index (χ1) is 7.78. The lowest BCUT2D eigenvalue weighted by Gasteiger charge is -2.16. The van der Waals surface area contributed by atoms with Crippen LogP contribution in [0, 0.1) is 0 Å². The Bertz CT molecular complexity index is 316. The molecule has 0 bridgehead atoms. The van der Waals surface area contributed by atoms with Crippen LogP contribution in [-0.4, -0.2) is 12.1 Å². The summed E-state index contributed by atoms with van der Waals surface area (Å²) in [5.74, 6) is 0. The molecule has 0 aliphatic heterocycles. The molecule has 2 rings (SSSR count). The molecule has 0 aromatic heterocycles. The Kier molecular flexibility index (Phi) is 4.42. The van der Waals surface area contributed by atoms with Gasteiger partial charge in [0.25, 0.3) is 0 Å². The maximum Gasteiger partial charge on any atom is 0.0175 e. The summed E-state index contributed by atoms with van der Waals surface area (Å²) in [6.07, 6.45) is 6.46. The standard InChI is InChI=1S/C14H20BrN/c1-2-13(16-14-9-10-14)8-5-11-3-6-12(15)7-4-11/h3-4,6-7,13-14,16H,2,5,8-10H2,1H3. The van der Waals surface area contributed by atoms with Crippen LogP contribution in [0.5, 0.6) is 0 Å². The Morgan fingerprint density at radius 2 is 2.00 bits per heavy atom. The maximum atomic E-state index is 3.71. The van der Waals surface area contributed by atoms with Crippen LogP contribution in [0.2, 0.25) is 0 Å². The zero-order valence-corrected chi connectivity index (χ0v) is 11.5. The fourth-order valence-corrected chi connectivity index (χ4v) is 2.24. The van der Waals surface area contributed by atoms with E-state index in [1.54, 1.807) is 0 Å². The highest BCUT2D eigenvalue weighted by Gasteiger charge is 2.23. The lowest BCUT2D eigenvalue weighted by molar-refractivity contribution is 0.465. The summed E-state index contributed by atoms with van der Waals surface area (Å²) >= 11 is 3.47. The predicted molar refractivity (Wildman–Crippen MR) is 72.7 cm³/mol. The molecule has 0 saturated heterocycles. The van der Waals surface area contributed by atoms with Crippen LogP contribution in [-0.2, 0) is 6.42 Å². The van der Waals surface area contributed by atoms with Crippen molar-refractivity contribution in [3.63, 3.8) is 0 Å². The van der Waals surface area contributed by atoms with Gasteiger partial charge in [-0.15, -0.1) is 0 Å². The van der Waals surface area contributed by atoms with E-state index in [1.807, 2.05) is 0 Å². The molecular formula is C14H20BrN. The van der Waals surface area contributed by atoms with Crippen molar-refractivity contribution in [2.75, 3.05) is 0 Å². The van der Waals surface area contributed by atoms with Crippen molar-refractivity contribution in [2.45, 2.75) is 51.1 Å². The highest BCUT2D eigenvalue weighted by Crippen LogP contribution is 2.21. The monoisotopic (exact) mass is 281 g/mol. The molecule has 0 radical (unpaired) electrons. The van der Waals surface area contributed by atoms with Gasteiger partial charge in [-0.3, -0.25) is 0 Å². The minimum atomic E-state index is 0.705. The lowest BCUT2D eigenvalue weighted by atomic mass is 10.0. The first kappa shape index (κ1) is 12.1. The summed E-state index contributed by atoms with van der Waals surface area (Å²) in [6, 6.07) is 10.2. The number of hydrogen-bond donors (Lipinski definition) is 1. The molecule has 1 nitrogen and oxygen atoms in total. The Balaban J connectivity index is 1.77. The quantitative estimate of drug-likeness (QED) is 0.834. The first-order valence-electron chi connectivity index (χ1n) is 6.28. The molecule has 1 aromatic rings.